The molecular formula is C14H19BrFNO. The number of halogens is 2. The van der Waals surface area contributed by atoms with Crippen LogP contribution in [0.15, 0.2) is 22.7 Å². The molecule has 1 heterocycles. The Bertz CT molecular complexity index is 405. The fourth-order valence-electron chi connectivity index (χ4n) is 2.50. The van der Waals surface area contributed by atoms with Crippen LogP contribution in [-0.4, -0.2) is 26.3 Å². The summed E-state index contributed by atoms with van der Waals surface area (Å²) in [6, 6.07) is 5.34. The first-order valence-corrected chi connectivity index (χ1v) is 7.14. The van der Waals surface area contributed by atoms with E-state index in [4.69, 9.17) is 4.74 Å². The van der Waals surface area contributed by atoms with E-state index < -0.39 is 0 Å². The van der Waals surface area contributed by atoms with Crippen molar-refractivity contribution in [3.63, 3.8) is 0 Å². The Labute approximate surface area is 116 Å². The van der Waals surface area contributed by atoms with E-state index in [0.717, 1.165) is 31.6 Å². The van der Waals surface area contributed by atoms with Crippen molar-refractivity contribution in [2.24, 2.45) is 5.92 Å². The van der Waals surface area contributed by atoms with Gasteiger partial charge in [0, 0.05) is 25.9 Å². The summed E-state index contributed by atoms with van der Waals surface area (Å²) in [5, 5.41) is 0. The van der Waals surface area contributed by atoms with Gasteiger partial charge in [-0.1, -0.05) is 0 Å². The molecule has 1 aliphatic rings. The van der Waals surface area contributed by atoms with Gasteiger partial charge in [-0.15, -0.1) is 0 Å². The molecule has 1 atom stereocenters. The molecule has 1 aromatic rings. The molecule has 0 aliphatic carbocycles. The Kier molecular flexibility index (Phi) is 4.62. The molecule has 0 bridgehead atoms. The zero-order chi connectivity index (χ0) is 13.1. The zero-order valence-electron chi connectivity index (χ0n) is 10.8. The predicted octanol–water partition coefficient (Wildman–Crippen LogP) is 3.84. The van der Waals surface area contributed by atoms with Gasteiger partial charge in [0.25, 0.3) is 0 Å². The summed E-state index contributed by atoms with van der Waals surface area (Å²) < 4.78 is 19.4. The highest BCUT2D eigenvalue weighted by atomic mass is 79.9. The van der Waals surface area contributed by atoms with Crippen molar-refractivity contribution >= 4 is 21.6 Å². The van der Waals surface area contributed by atoms with Gasteiger partial charge in [-0.2, -0.15) is 0 Å². The van der Waals surface area contributed by atoms with Gasteiger partial charge in [-0.25, -0.2) is 4.39 Å². The van der Waals surface area contributed by atoms with Crippen LogP contribution >= 0.6 is 15.9 Å². The monoisotopic (exact) mass is 315 g/mol. The molecular weight excluding hydrogens is 297 g/mol. The number of nitrogens with zero attached hydrogens (tertiary/aromatic N) is 1. The molecule has 0 saturated carbocycles. The standard InChI is InChI=1S/C14H19BrFNO/c1-10(18-2)11-5-7-17(8-6-11)12-3-4-13(15)14(16)9-12/h3-4,9-11H,5-8H2,1-2H3. The van der Waals surface area contributed by atoms with Crippen LogP contribution in [0.3, 0.4) is 0 Å². The summed E-state index contributed by atoms with van der Waals surface area (Å²) >= 11 is 3.18. The Morgan fingerprint density at radius 1 is 1.39 bits per heavy atom. The van der Waals surface area contributed by atoms with Gasteiger partial charge < -0.3 is 9.64 Å². The number of methoxy groups -OCH3 is 1. The number of rotatable bonds is 3. The van der Waals surface area contributed by atoms with Crippen molar-refractivity contribution in [3.8, 4) is 0 Å². The molecule has 0 aromatic heterocycles. The highest BCUT2D eigenvalue weighted by Crippen LogP contribution is 2.28. The van der Waals surface area contributed by atoms with E-state index in [1.807, 2.05) is 6.07 Å². The maximum atomic E-state index is 13.5. The number of hydrogen-bond acceptors (Lipinski definition) is 2. The SMILES string of the molecule is COC(C)C1CCN(c2ccc(Br)c(F)c2)CC1. The highest BCUT2D eigenvalue weighted by Gasteiger charge is 2.24. The van der Waals surface area contributed by atoms with Crippen molar-refractivity contribution in [3.05, 3.63) is 28.5 Å². The van der Waals surface area contributed by atoms with E-state index in [-0.39, 0.29) is 5.82 Å². The minimum absolute atomic E-state index is 0.195. The van der Waals surface area contributed by atoms with Crippen LogP contribution in [-0.2, 0) is 4.74 Å². The van der Waals surface area contributed by atoms with E-state index in [9.17, 15) is 4.39 Å². The van der Waals surface area contributed by atoms with Crippen LogP contribution in [0.5, 0.6) is 0 Å². The molecule has 0 spiro atoms. The van der Waals surface area contributed by atoms with Gasteiger partial charge >= 0.3 is 0 Å². The summed E-state index contributed by atoms with van der Waals surface area (Å²) in [5.74, 6) is 0.423. The molecule has 1 saturated heterocycles. The van der Waals surface area contributed by atoms with Crippen LogP contribution in [0.4, 0.5) is 10.1 Å². The Balaban J connectivity index is 1.99. The van der Waals surface area contributed by atoms with Gasteiger partial charge in [0.05, 0.1) is 10.6 Å². The van der Waals surface area contributed by atoms with Crippen molar-refractivity contribution in [1.82, 2.24) is 0 Å². The Morgan fingerprint density at radius 2 is 2.06 bits per heavy atom. The molecule has 0 N–H and O–H groups in total. The average molecular weight is 316 g/mol. The molecule has 4 heteroatoms. The fourth-order valence-corrected chi connectivity index (χ4v) is 2.75. The second-order valence-electron chi connectivity index (χ2n) is 4.86. The third kappa shape index (κ3) is 3.04. The van der Waals surface area contributed by atoms with E-state index in [1.54, 1.807) is 19.2 Å². The second-order valence-corrected chi connectivity index (χ2v) is 5.72. The van der Waals surface area contributed by atoms with Crippen molar-refractivity contribution in [2.45, 2.75) is 25.9 Å². The van der Waals surface area contributed by atoms with Crippen LogP contribution in [0.1, 0.15) is 19.8 Å². The van der Waals surface area contributed by atoms with Gasteiger partial charge in [0.2, 0.25) is 0 Å². The molecule has 1 unspecified atom stereocenters. The fraction of sp³-hybridized carbons (Fsp3) is 0.571. The molecule has 18 heavy (non-hydrogen) atoms. The highest BCUT2D eigenvalue weighted by molar-refractivity contribution is 9.10. The van der Waals surface area contributed by atoms with Crippen LogP contribution < -0.4 is 4.90 Å². The van der Waals surface area contributed by atoms with Crippen LogP contribution in [0.25, 0.3) is 0 Å². The predicted molar refractivity (Wildman–Crippen MR) is 75.5 cm³/mol. The van der Waals surface area contributed by atoms with Gasteiger partial charge in [-0.3, -0.25) is 0 Å². The first-order chi connectivity index (χ1) is 8.61. The largest absolute Gasteiger partial charge is 0.381 e. The lowest BCUT2D eigenvalue weighted by atomic mass is 9.92. The maximum Gasteiger partial charge on any atom is 0.139 e. The lowest BCUT2D eigenvalue weighted by Gasteiger charge is -2.35. The smallest absolute Gasteiger partial charge is 0.139 e. The molecule has 100 valence electrons. The molecule has 1 fully saturated rings. The third-order valence-electron chi connectivity index (χ3n) is 3.84. The van der Waals surface area contributed by atoms with E-state index in [2.05, 4.69) is 27.8 Å². The molecule has 1 aliphatic heterocycles. The van der Waals surface area contributed by atoms with Crippen LogP contribution in [0, 0.1) is 11.7 Å². The molecule has 0 radical (unpaired) electrons. The first kappa shape index (κ1) is 13.8. The summed E-state index contributed by atoms with van der Waals surface area (Å²) in [6.45, 7) is 4.07. The third-order valence-corrected chi connectivity index (χ3v) is 4.49. The van der Waals surface area contributed by atoms with Crippen molar-refractivity contribution in [2.75, 3.05) is 25.1 Å². The topological polar surface area (TPSA) is 12.5 Å². The molecule has 2 nitrogen and oxygen atoms in total. The van der Waals surface area contributed by atoms with Gasteiger partial charge in [-0.05, 0) is 59.8 Å². The summed E-state index contributed by atoms with van der Waals surface area (Å²) in [5.41, 5.74) is 0.971. The second kappa shape index (κ2) is 6.02. The summed E-state index contributed by atoms with van der Waals surface area (Å²) in [4.78, 5) is 2.24. The number of benzene rings is 1. The Morgan fingerprint density at radius 3 is 2.61 bits per heavy atom. The first-order valence-electron chi connectivity index (χ1n) is 6.34. The number of ether oxygens (including phenoxy) is 1. The average Bonchev–Trinajstić information content (AvgIpc) is 2.41. The summed E-state index contributed by atoms with van der Waals surface area (Å²) in [7, 11) is 1.77. The number of hydrogen-bond donors (Lipinski definition) is 0. The van der Waals surface area contributed by atoms with E-state index >= 15 is 0 Å². The van der Waals surface area contributed by atoms with Gasteiger partial charge in [0.1, 0.15) is 5.82 Å². The van der Waals surface area contributed by atoms with Crippen molar-refractivity contribution < 1.29 is 9.13 Å². The Hall–Kier alpha value is -0.610. The molecule has 2 rings (SSSR count). The van der Waals surface area contributed by atoms with Gasteiger partial charge in [0.15, 0.2) is 0 Å². The van der Waals surface area contributed by atoms with E-state index in [0.29, 0.717) is 16.5 Å². The molecule has 1 aromatic carbocycles. The van der Waals surface area contributed by atoms with E-state index in [1.165, 1.54) is 0 Å². The number of anilines is 1. The van der Waals surface area contributed by atoms with Crippen LogP contribution in [0.2, 0.25) is 0 Å². The lowest BCUT2D eigenvalue weighted by molar-refractivity contribution is 0.0564. The quantitative estimate of drug-likeness (QED) is 0.840. The van der Waals surface area contributed by atoms with Crippen molar-refractivity contribution in [1.29, 1.82) is 0 Å². The normalized spacial score (nSPS) is 19.0. The number of piperidine rings is 1. The zero-order valence-corrected chi connectivity index (χ0v) is 12.4. The maximum absolute atomic E-state index is 13.5. The lowest BCUT2D eigenvalue weighted by Crippen LogP contribution is -2.37. The minimum atomic E-state index is -0.195. The minimum Gasteiger partial charge on any atom is -0.381 e. The molecule has 0 amide bonds. The summed E-state index contributed by atoms with van der Waals surface area (Å²) in [6.07, 6.45) is 2.52.